The molecule has 22 heavy (non-hydrogen) atoms. The van der Waals surface area contributed by atoms with E-state index >= 15 is 0 Å². The van der Waals surface area contributed by atoms with Crippen molar-refractivity contribution in [3.05, 3.63) is 64.7 Å². The van der Waals surface area contributed by atoms with Crippen LogP contribution in [0.1, 0.15) is 58.0 Å². The fraction of sp³-hybridized carbons (Fsp3) is 0.222. The van der Waals surface area contributed by atoms with E-state index in [0.29, 0.717) is 11.3 Å². The van der Waals surface area contributed by atoms with Crippen LogP contribution in [-0.4, -0.2) is 16.9 Å². The third-order valence-corrected chi connectivity index (χ3v) is 3.93. The number of carbonyl (C=O) groups is 2. The number of ketones is 1. The molecule has 4 nitrogen and oxygen atoms in total. The molecule has 0 fully saturated rings. The second-order valence-electron chi connectivity index (χ2n) is 5.30. The lowest BCUT2D eigenvalue weighted by molar-refractivity contribution is 0.0693. The Morgan fingerprint density at radius 3 is 2.23 bits per heavy atom. The summed E-state index contributed by atoms with van der Waals surface area (Å²) in [4.78, 5) is 24.0. The van der Waals surface area contributed by atoms with Crippen LogP contribution in [0.4, 0.5) is 5.69 Å². The van der Waals surface area contributed by atoms with Gasteiger partial charge in [-0.25, -0.2) is 4.79 Å². The standard InChI is InChI=1S/C18H19NO3/c1-3-11(2)12-9-6-10-15(16(12)19)17(20)13-7-4-5-8-14(13)18(21)22/h4-11H,3,19H2,1-2H3,(H,21,22). The molecule has 0 aliphatic carbocycles. The maximum absolute atomic E-state index is 12.7. The molecule has 2 aromatic carbocycles. The minimum absolute atomic E-state index is 0.0131. The van der Waals surface area contributed by atoms with Crippen molar-refractivity contribution in [1.82, 2.24) is 0 Å². The molecule has 0 aromatic heterocycles. The zero-order valence-corrected chi connectivity index (χ0v) is 12.7. The van der Waals surface area contributed by atoms with Gasteiger partial charge in [0.25, 0.3) is 0 Å². The highest BCUT2D eigenvalue weighted by atomic mass is 16.4. The quantitative estimate of drug-likeness (QED) is 0.651. The van der Waals surface area contributed by atoms with Crippen molar-refractivity contribution < 1.29 is 14.7 Å². The van der Waals surface area contributed by atoms with Gasteiger partial charge in [-0.3, -0.25) is 4.79 Å². The molecule has 0 radical (unpaired) electrons. The van der Waals surface area contributed by atoms with E-state index in [1.54, 1.807) is 24.3 Å². The van der Waals surface area contributed by atoms with Gasteiger partial charge in [-0.2, -0.15) is 0 Å². The average Bonchev–Trinajstić information content (AvgIpc) is 2.53. The van der Waals surface area contributed by atoms with E-state index in [9.17, 15) is 14.7 Å². The van der Waals surface area contributed by atoms with E-state index in [1.807, 2.05) is 13.0 Å². The van der Waals surface area contributed by atoms with E-state index in [0.717, 1.165) is 12.0 Å². The summed E-state index contributed by atoms with van der Waals surface area (Å²) in [6.45, 7) is 4.10. The summed E-state index contributed by atoms with van der Waals surface area (Å²) in [5.74, 6) is -1.25. The minimum Gasteiger partial charge on any atom is -0.478 e. The molecule has 0 aliphatic rings. The van der Waals surface area contributed by atoms with Crippen molar-refractivity contribution in [2.45, 2.75) is 26.2 Å². The van der Waals surface area contributed by atoms with Crippen molar-refractivity contribution in [2.24, 2.45) is 0 Å². The highest BCUT2D eigenvalue weighted by Crippen LogP contribution is 2.29. The number of aromatic carboxylic acids is 1. The molecular formula is C18H19NO3. The summed E-state index contributed by atoms with van der Waals surface area (Å²) >= 11 is 0. The highest BCUT2D eigenvalue weighted by molar-refractivity contribution is 6.16. The van der Waals surface area contributed by atoms with Crippen LogP contribution in [0.5, 0.6) is 0 Å². The Balaban J connectivity index is 2.54. The number of rotatable bonds is 5. The molecular weight excluding hydrogens is 278 g/mol. The van der Waals surface area contributed by atoms with Crippen LogP contribution in [0.3, 0.4) is 0 Å². The van der Waals surface area contributed by atoms with E-state index in [2.05, 4.69) is 6.92 Å². The molecule has 0 saturated heterocycles. The number of carboxylic acids is 1. The van der Waals surface area contributed by atoms with Crippen molar-refractivity contribution in [1.29, 1.82) is 0 Å². The predicted molar refractivity (Wildman–Crippen MR) is 86.4 cm³/mol. The fourth-order valence-corrected chi connectivity index (χ4v) is 2.44. The van der Waals surface area contributed by atoms with E-state index in [-0.39, 0.29) is 22.8 Å². The van der Waals surface area contributed by atoms with Gasteiger partial charge in [-0.05, 0) is 30.0 Å². The zero-order valence-electron chi connectivity index (χ0n) is 12.7. The zero-order chi connectivity index (χ0) is 16.3. The number of nitrogen functional groups attached to an aromatic ring is 1. The van der Waals surface area contributed by atoms with Crippen LogP contribution in [0.25, 0.3) is 0 Å². The van der Waals surface area contributed by atoms with Crippen LogP contribution < -0.4 is 5.73 Å². The van der Waals surface area contributed by atoms with Gasteiger partial charge in [0.15, 0.2) is 5.78 Å². The largest absolute Gasteiger partial charge is 0.478 e. The lowest BCUT2D eigenvalue weighted by Gasteiger charge is -2.15. The highest BCUT2D eigenvalue weighted by Gasteiger charge is 2.21. The molecule has 2 aromatic rings. The number of benzene rings is 2. The Morgan fingerprint density at radius 2 is 1.64 bits per heavy atom. The first-order chi connectivity index (χ1) is 10.5. The topological polar surface area (TPSA) is 80.4 Å². The smallest absolute Gasteiger partial charge is 0.336 e. The van der Waals surface area contributed by atoms with Gasteiger partial charge in [0.2, 0.25) is 0 Å². The molecule has 1 unspecified atom stereocenters. The monoisotopic (exact) mass is 297 g/mol. The maximum atomic E-state index is 12.7. The Labute approximate surface area is 129 Å². The van der Waals surface area contributed by atoms with Gasteiger partial charge in [0, 0.05) is 16.8 Å². The fourth-order valence-electron chi connectivity index (χ4n) is 2.44. The van der Waals surface area contributed by atoms with E-state index < -0.39 is 5.97 Å². The maximum Gasteiger partial charge on any atom is 0.336 e. The molecule has 0 bridgehead atoms. The Bertz CT molecular complexity index is 722. The molecule has 114 valence electrons. The number of carbonyl (C=O) groups excluding carboxylic acids is 1. The molecule has 1 atom stereocenters. The number of hydrogen-bond donors (Lipinski definition) is 2. The number of nitrogens with two attached hydrogens (primary N) is 1. The van der Waals surface area contributed by atoms with Crippen LogP contribution in [0, 0.1) is 0 Å². The Hall–Kier alpha value is -2.62. The Morgan fingerprint density at radius 1 is 1.05 bits per heavy atom. The van der Waals surface area contributed by atoms with Gasteiger partial charge in [-0.15, -0.1) is 0 Å². The lowest BCUT2D eigenvalue weighted by Crippen LogP contribution is -2.13. The minimum atomic E-state index is -1.12. The van der Waals surface area contributed by atoms with Crippen LogP contribution in [0.2, 0.25) is 0 Å². The van der Waals surface area contributed by atoms with Gasteiger partial charge in [0.1, 0.15) is 0 Å². The van der Waals surface area contributed by atoms with Crippen LogP contribution >= 0.6 is 0 Å². The average molecular weight is 297 g/mol. The molecule has 4 heteroatoms. The van der Waals surface area contributed by atoms with Crippen LogP contribution in [0.15, 0.2) is 42.5 Å². The number of carboxylic acid groups (broad SMARTS) is 1. The molecule has 3 N–H and O–H groups in total. The first kappa shape index (κ1) is 15.8. The van der Waals surface area contributed by atoms with Gasteiger partial charge < -0.3 is 10.8 Å². The van der Waals surface area contributed by atoms with Crippen molar-refractivity contribution in [2.75, 3.05) is 5.73 Å². The first-order valence-corrected chi connectivity index (χ1v) is 7.22. The third kappa shape index (κ3) is 2.86. The summed E-state index contributed by atoms with van der Waals surface area (Å²) in [6, 6.07) is 11.5. The summed E-state index contributed by atoms with van der Waals surface area (Å²) in [5, 5.41) is 9.23. The summed E-state index contributed by atoms with van der Waals surface area (Å²) < 4.78 is 0. The summed E-state index contributed by atoms with van der Waals surface area (Å²) in [6.07, 6.45) is 0.910. The second kappa shape index (κ2) is 6.43. The lowest BCUT2D eigenvalue weighted by atomic mass is 9.91. The SMILES string of the molecule is CCC(C)c1cccc(C(=O)c2ccccc2C(=O)O)c1N. The summed E-state index contributed by atoms with van der Waals surface area (Å²) in [5.41, 5.74) is 8.00. The molecule has 0 heterocycles. The number of anilines is 1. The third-order valence-electron chi connectivity index (χ3n) is 3.93. The Kier molecular flexibility index (Phi) is 4.61. The van der Waals surface area contributed by atoms with E-state index in [4.69, 9.17) is 5.73 Å². The van der Waals surface area contributed by atoms with Crippen molar-refractivity contribution >= 4 is 17.4 Å². The molecule has 0 aliphatic heterocycles. The van der Waals surface area contributed by atoms with Crippen molar-refractivity contribution in [3.8, 4) is 0 Å². The first-order valence-electron chi connectivity index (χ1n) is 7.22. The normalized spacial score (nSPS) is 11.9. The van der Waals surface area contributed by atoms with Crippen molar-refractivity contribution in [3.63, 3.8) is 0 Å². The molecule has 0 spiro atoms. The number of hydrogen-bond acceptors (Lipinski definition) is 3. The molecule has 0 saturated carbocycles. The number of para-hydroxylation sites is 1. The second-order valence-corrected chi connectivity index (χ2v) is 5.30. The summed E-state index contributed by atoms with van der Waals surface area (Å²) in [7, 11) is 0. The van der Waals surface area contributed by atoms with Gasteiger partial charge in [0.05, 0.1) is 5.56 Å². The molecule has 2 rings (SSSR count). The predicted octanol–water partition coefficient (Wildman–Crippen LogP) is 3.71. The molecule has 0 amide bonds. The van der Waals surface area contributed by atoms with Crippen LogP contribution in [-0.2, 0) is 0 Å². The van der Waals surface area contributed by atoms with Gasteiger partial charge >= 0.3 is 5.97 Å². The van der Waals surface area contributed by atoms with Gasteiger partial charge in [-0.1, -0.05) is 44.2 Å². The van der Waals surface area contributed by atoms with E-state index in [1.165, 1.54) is 12.1 Å².